The number of anilines is 1. The van der Waals surface area contributed by atoms with Crippen LogP contribution in [0.4, 0.5) is 5.69 Å². The van der Waals surface area contributed by atoms with Gasteiger partial charge in [0.2, 0.25) is 0 Å². The lowest BCUT2D eigenvalue weighted by Gasteiger charge is -2.14. The second kappa shape index (κ2) is 7.90. The quantitative estimate of drug-likeness (QED) is 0.803. The van der Waals surface area contributed by atoms with Crippen LogP contribution in [0.5, 0.6) is 11.5 Å². The molecule has 0 fully saturated rings. The van der Waals surface area contributed by atoms with E-state index in [1.165, 1.54) is 0 Å². The third-order valence-corrected chi connectivity index (χ3v) is 3.36. The van der Waals surface area contributed by atoms with Gasteiger partial charge in [0, 0.05) is 16.7 Å². The summed E-state index contributed by atoms with van der Waals surface area (Å²) in [6.07, 6.45) is -0.592. The molecule has 5 heteroatoms. The van der Waals surface area contributed by atoms with Crippen molar-refractivity contribution in [2.45, 2.75) is 6.10 Å². The molecular formula is C16H18BrNO3. The fraction of sp³-hybridized carbons (Fsp3) is 0.250. The Morgan fingerprint density at radius 1 is 1.14 bits per heavy atom. The highest BCUT2D eigenvalue weighted by molar-refractivity contribution is 9.10. The number of hydrogen-bond donors (Lipinski definition) is 2. The van der Waals surface area contributed by atoms with Crippen molar-refractivity contribution >= 4 is 21.6 Å². The first-order chi connectivity index (χ1) is 10.2. The van der Waals surface area contributed by atoms with E-state index < -0.39 is 6.10 Å². The number of hydrogen-bond acceptors (Lipinski definition) is 4. The molecule has 0 radical (unpaired) electrons. The molecule has 2 aromatic rings. The van der Waals surface area contributed by atoms with Crippen molar-refractivity contribution in [1.29, 1.82) is 0 Å². The van der Waals surface area contributed by atoms with E-state index in [9.17, 15) is 5.11 Å². The maximum Gasteiger partial charge on any atom is 0.119 e. The average molecular weight is 352 g/mol. The largest absolute Gasteiger partial charge is 0.497 e. The predicted molar refractivity (Wildman–Crippen MR) is 87.1 cm³/mol. The minimum absolute atomic E-state index is 0.229. The van der Waals surface area contributed by atoms with Crippen molar-refractivity contribution in [2.24, 2.45) is 0 Å². The monoisotopic (exact) mass is 351 g/mol. The van der Waals surface area contributed by atoms with Crippen LogP contribution in [0.2, 0.25) is 0 Å². The van der Waals surface area contributed by atoms with E-state index in [1.54, 1.807) is 7.11 Å². The van der Waals surface area contributed by atoms with E-state index >= 15 is 0 Å². The van der Waals surface area contributed by atoms with Gasteiger partial charge in [-0.2, -0.15) is 0 Å². The van der Waals surface area contributed by atoms with Gasteiger partial charge >= 0.3 is 0 Å². The maximum atomic E-state index is 9.92. The number of benzene rings is 2. The van der Waals surface area contributed by atoms with Gasteiger partial charge in [-0.05, 0) is 42.5 Å². The first kappa shape index (κ1) is 15.7. The molecule has 0 aliphatic heterocycles. The minimum Gasteiger partial charge on any atom is -0.497 e. The summed E-state index contributed by atoms with van der Waals surface area (Å²) < 4.78 is 11.6. The minimum atomic E-state index is -0.592. The lowest BCUT2D eigenvalue weighted by Crippen LogP contribution is -2.26. The predicted octanol–water partition coefficient (Wildman–Crippen LogP) is 3.31. The average Bonchev–Trinajstić information content (AvgIpc) is 2.51. The second-order valence-electron chi connectivity index (χ2n) is 4.53. The highest BCUT2D eigenvalue weighted by Gasteiger charge is 2.05. The van der Waals surface area contributed by atoms with E-state index in [0.717, 1.165) is 15.9 Å². The lowest BCUT2D eigenvalue weighted by atomic mass is 10.3. The number of halogens is 1. The lowest BCUT2D eigenvalue weighted by molar-refractivity contribution is 0.117. The Bertz CT molecular complexity index is 560. The number of aliphatic hydroxyl groups is 1. The van der Waals surface area contributed by atoms with Crippen molar-refractivity contribution in [1.82, 2.24) is 0 Å². The topological polar surface area (TPSA) is 50.7 Å². The third-order valence-electron chi connectivity index (χ3n) is 2.87. The van der Waals surface area contributed by atoms with Crippen LogP contribution in [0.15, 0.2) is 53.0 Å². The standard InChI is InChI=1S/C16H18BrNO3/c1-20-15-5-7-16(8-6-15)21-11-14(19)10-18-13-4-2-3-12(17)9-13/h2-9,14,18-19H,10-11H2,1H3. The van der Waals surface area contributed by atoms with Crippen LogP contribution >= 0.6 is 15.9 Å². The van der Waals surface area contributed by atoms with Crippen molar-refractivity contribution in [3.8, 4) is 11.5 Å². The van der Waals surface area contributed by atoms with E-state index in [0.29, 0.717) is 12.3 Å². The van der Waals surface area contributed by atoms with Crippen LogP contribution in [-0.2, 0) is 0 Å². The molecular weight excluding hydrogens is 334 g/mol. The Kier molecular flexibility index (Phi) is 5.90. The maximum absolute atomic E-state index is 9.92. The molecule has 1 unspecified atom stereocenters. The molecule has 0 amide bonds. The van der Waals surface area contributed by atoms with Crippen LogP contribution < -0.4 is 14.8 Å². The molecule has 0 saturated carbocycles. The van der Waals surface area contributed by atoms with Crippen LogP contribution in [-0.4, -0.2) is 31.5 Å². The number of methoxy groups -OCH3 is 1. The van der Waals surface area contributed by atoms with Crippen molar-refractivity contribution in [2.75, 3.05) is 25.6 Å². The van der Waals surface area contributed by atoms with Crippen LogP contribution in [0, 0.1) is 0 Å². The fourth-order valence-corrected chi connectivity index (χ4v) is 2.16. The molecule has 2 N–H and O–H groups in total. The third kappa shape index (κ3) is 5.28. The zero-order chi connectivity index (χ0) is 15.1. The van der Waals surface area contributed by atoms with Gasteiger partial charge in [-0.25, -0.2) is 0 Å². The summed E-state index contributed by atoms with van der Waals surface area (Å²) in [7, 11) is 1.62. The second-order valence-corrected chi connectivity index (χ2v) is 5.45. The smallest absolute Gasteiger partial charge is 0.119 e. The van der Waals surface area contributed by atoms with Crippen molar-refractivity contribution in [3.05, 3.63) is 53.0 Å². The molecule has 2 aromatic carbocycles. The molecule has 0 aliphatic carbocycles. The SMILES string of the molecule is COc1ccc(OCC(O)CNc2cccc(Br)c2)cc1. The molecule has 0 spiro atoms. The molecule has 0 aliphatic rings. The van der Waals surface area contributed by atoms with Gasteiger partial charge in [-0.15, -0.1) is 0 Å². The highest BCUT2D eigenvalue weighted by Crippen LogP contribution is 2.17. The van der Waals surface area contributed by atoms with Crippen LogP contribution in [0.3, 0.4) is 0 Å². The van der Waals surface area contributed by atoms with Crippen LogP contribution in [0.25, 0.3) is 0 Å². The summed E-state index contributed by atoms with van der Waals surface area (Å²) in [5.74, 6) is 1.48. The summed E-state index contributed by atoms with van der Waals surface area (Å²) in [6.45, 7) is 0.653. The van der Waals surface area contributed by atoms with Gasteiger partial charge < -0.3 is 19.9 Å². The molecule has 4 nitrogen and oxygen atoms in total. The highest BCUT2D eigenvalue weighted by atomic mass is 79.9. The Balaban J connectivity index is 1.75. The Labute approximate surface area is 132 Å². The normalized spacial score (nSPS) is 11.8. The summed E-state index contributed by atoms with van der Waals surface area (Å²) in [4.78, 5) is 0. The van der Waals surface area contributed by atoms with Crippen molar-refractivity contribution < 1.29 is 14.6 Å². The number of nitrogens with one attached hydrogen (secondary N) is 1. The zero-order valence-electron chi connectivity index (χ0n) is 11.8. The van der Waals surface area contributed by atoms with E-state index in [4.69, 9.17) is 9.47 Å². The Hall–Kier alpha value is -1.72. The number of aliphatic hydroxyl groups excluding tert-OH is 1. The molecule has 0 heterocycles. The molecule has 112 valence electrons. The van der Waals surface area contributed by atoms with E-state index in [1.807, 2.05) is 48.5 Å². The summed E-state index contributed by atoms with van der Waals surface area (Å²) in [5, 5.41) is 13.1. The zero-order valence-corrected chi connectivity index (χ0v) is 13.3. The van der Waals surface area contributed by atoms with Gasteiger partial charge in [0.1, 0.15) is 24.2 Å². The molecule has 2 rings (SSSR count). The summed E-state index contributed by atoms with van der Waals surface area (Å²) in [6, 6.07) is 15.1. The van der Waals surface area contributed by atoms with Gasteiger partial charge in [-0.3, -0.25) is 0 Å². The van der Waals surface area contributed by atoms with E-state index in [-0.39, 0.29) is 6.61 Å². The number of rotatable bonds is 7. The first-order valence-corrected chi connectivity index (χ1v) is 7.41. The van der Waals surface area contributed by atoms with E-state index in [2.05, 4.69) is 21.2 Å². The molecule has 21 heavy (non-hydrogen) atoms. The van der Waals surface area contributed by atoms with Gasteiger partial charge in [0.15, 0.2) is 0 Å². The summed E-state index contributed by atoms with van der Waals surface area (Å²) >= 11 is 3.40. The van der Waals surface area contributed by atoms with Gasteiger partial charge in [0.25, 0.3) is 0 Å². The first-order valence-electron chi connectivity index (χ1n) is 6.62. The molecule has 1 atom stereocenters. The van der Waals surface area contributed by atoms with Crippen molar-refractivity contribution in [3.63, 3.8) is 0 Å². The van der Waals surface area contributed by atoms with Gasteiger partial charge in [-0.1, -0.05) is 22.0 Å². The Morgan fingerprint density at radius 2 is 1.86 bits per heavy atom. The molecule has 0 aromatic heterocycles. The fourth-order valence-electron chi connectivity index (χ4n) is 1.76. The van der Waals surface area contributed by atoms with Crippen LogP contribution in [0.1, 0.15) is 0 Å². The molecule has 0 bridgehead atoms. The Morgan fingerprint density at radius 3 is 2.52 bits per heavy atom. The van der Waals surface area contributed by atoms with Gasteiger partial charge in [0.05, 0.1) is 7.11 Å². The summed E-state index contributed by atoms with van der Waals surface area (Å²) in [5.41, 5.74) is 0.952. The number of ether oxygens (including phenoxy) is 2. The molecule has 0 saturated heterocycles.